The predicted octanol–water partition coefficient (Wildman–Crippen LogP) is 2.14. The summed E-state index contributed by atoms with van der Waals surface area (Å²) in [6.07, 6.45) is 4.14. The van der Waals surface area contributed by atoms with E-state index in [1.54, 1.807) is 0 Å². The molecule has 0 aromatic heterocycles. The van der Waals surface area contributed by atoms with E-state index in [-0.39, 0.29) is 0 Å². The van der Waals surface area contributed by atoms with Gasteiger partial charge in [-0.1, -0.05) is 24.3 Å². The molecule has 0 heterocycles. The highest BCUT2D eigenvalue weighted by Gasteiger charge is 2.15. The van der Waals surface area contributed by atoms with Crippen LogP contribution in [-0.2, 0) is 4.79 Å². The van der Waals surface area contributed by atoms with Gasteiger partial charge in [0.1, 0.15) is 0 Å². The van der Waals surface area contributed by atoms with E-state index in [1.165, 1.54) is 0 Å². The third-order valence-corrected chi connectivity index (χ3v) is 1.92. The van der Waals surface area contributed by atoms with Gasteiger partial charge < -0.3 is 5.11 Å². The van der Waals surface area contributed by atoms with Crippen molar-refractivity contribution in [2.24, 2.45) is 5.92 Å². The van der Waals surface area contributed by atoms with Crippen LogP contribution in [0.2, 0.25) is 0 Å². The molecule has 0 amide bonds. The molecule has 0 radical (unpaired) electrons. The normalized spacial score (nSPS) is 13.2. The molecule has 0 saturated carbocycles. The molecule has 0 bridgehead atoms. The average Bonchev–Trinajstić information content (AvgIpc) is 2.00. The number of carbonyl (C=O) groups is 1. The molecule has 0 rings (SSSR count). The van der Waals surface area contributed by atoms with E-state index in [4.69, 9.17) is 5.11 Å². The van der Waals surface area contributed by atoms with Crippen LogP contribution in [0.25, 0.3) is 0 Å². The van der Waals surface area contributed by atoms with E-state index >= 15 is 0 Å². The number of carboxylic acids is 1. The minimum Gasteiger partial charge on any atom is -0.481 e. The van der Waals surface area contributed by atoms with E-state index in [0.29, 0.717) is 12.2 Å². The minimum atomic E-state index is -0.810. The summed E-state index contributed by atoms with van der Waals surface area (Å²) in [7, 11) is 0. The summed E-state index contributed by atoms with van der Waals surface area (Å²) in [6.45, 7) is 5.61. The summed E-state index contributed by atoms with van der Waals surface area (Å²) >= 11 is 3.95. The summed E-state index contributed by atoms with van der Waals surface area (Å²) in [5.74, 6) is -0.876. The summed E-state index contributed by atoms with van der Waals surface area (Å²) < 4.78 is 0. The lowest BCUT2D eigenvalue weighted by Gasteiger charge is -2.07. The number of rotatable bonds is 5. The van der Waals surface area contributed by atoms with Gasteiger partial charge in [0.2, 0.25) is 0 Å². The molecule has 68 valence electrons. The van der Waals surface area contributed by atoms with Crippen LogP contribution in [0.5, 0.6) is 0 Å². The van der Waals surface area contributed by atoms with Gasteiger partial charge in [0.15, 0.2) is 0 Å². The molecular weight excluding hydrogens is 172 g/mol. The second-order valence-electron chi connectivity index (χ2n) is 2.58. The highest BCUT2D eigenvalue weighted by atomic mass is 32.1. The quantitative estimate of drug-likeness (QED) is 0.510. The highest BCUT2D eigenvalue weighted by molar-refractivity contribution is 7.80. The molecule has 2 nitrogen and oxygen atoms in total. The number of hydrogen-bond donors (Lipinski definition) is 2. The van der Waals surface area contributed by atoms with Gasteiger partial charge in [0.05, 0.1) is 5.92 Å². The fraction of sp³-hybridized carbons (Fsp3) is 0.444. The van der Waals surface area contributed by atoms with Crippen LogP contribution in [-0.4, -0.2) is 16.8 Å². The van der Waals surface area contributed by atoms with Gasteiger partial charge in [-0.05, 0) is 13.3 Å². The Kier molecular flexibility index (Phi) is 5.54. The van der Waals surface area contributed by atoms with Gasteiger partial charge in [0.25, 0.3) is 0 Å². The van der Waals surface area contributed by atoms with Crippen LogP contribution in [0, 0.1) is 5.92 Å². The zero-order valence-corrected chi connectivity index (χ0v) is 8.05. The second-order valence-corrected chi connectivity index (χ2v) is 2.95. The Morgan fingerprint density at radius 1 is 1.75 bits per heavy atom. The molecule has 1 N–H and O–H groups in total. The SMILES string of the molecule is C=C(/C=C\C)C[C@H](CS)C(=O)O. The lowest BCUT2D eigenvalue weighted by atomic mass is 10.0. The molecule has 0 unspecified atom stereocenters. The number of hydrogen-bond acceptors (Lipinski definition) is 2. The Morgan fingerprint density at radius 3 is 2.67 bits per heavy atom. The molecule has 0 aromatic carbocycles. The van der Waals surface area contributed by atoms with Gasteiger partial charge in [-0.25, -0.2) is 0 Å². The maximum atomic E-state index is 10.6. The van der Waals surface area contributed by atoms with Crippen LogP contribution in [0.3, 0.4) is 0 Å². The number of thiol groups is 1. The van der Waals surface area contributed by atoms with Crippen molar-refractivity contribution in [2.45, 2.75) is 13.3 Å². The smallest absolute Gasteiger partial charge is 0.307 e. The van der Waals surface area contributed by atoms with Crippen molar-refractivity contribution in [3.05, 3.63) is 24.3 Å². The fourth-order valence-corrected chi connectivity index (χ4v) is 1.14. The maximum Gasteiger partial charge on any atom is 0.307 e. The standard InChI is InChI=1S/C9H14O2S/c1-3-4-7(2)5-8(6-12)9(10)11/h3-4,8,12H,2,5-6H2,1H3,(H,10,11)/b4-3-/t8-/m1/s1. The van der Waals surface area contributed by atoms with Crippen molar-refractivity contribution >= 4 is 18.6 Å². The van der Waals surface area contributed by atoms with Crippen LogP contribution >= 0.6 is 12.6 Å². The Hall–Kier alpha value is -0.700. The number of carboxylic acid groups (broad SMARTS) is 1. The Bertz CT molecular complexity index is 197. The van der Waals surface area contributed by atoms with Crippen LogP contribution in [0.1, 0.15) is 13.3 Å². The van der Waals surface area contributed by atoms with E-state index < -0.39 is 11.9 Å². The Balaban J connectivity index is 4.03. The van der Waals surface area contributed by atoms with Crippen LogP contribution < -0.4 is 0 Å². The fourth-order valence-electron chi connectivity index (χ4n) is 0.850. The summed E-state index contributed by atoms with van der Waals surface area (Å²) in [5, 5.41) is 8.68. The van der Waals surface area contributed by atoms with Crippen molar-refractivity contribution in [1.82, 2.24) is 0 Å². The first kappa shape index (κ1) is 11.3. The van der Waals surface area contributed by atoms with E-state index in [2.05, 4.69) is 19.2 Å². The van der Waals surface area contributed by atoms with Crippen molar-refractivity contribution in [3.8, 4) is 0 Å². The summed E-state index contributed by atoms with van der Waals surface area (Å²) in [4.78, 5) is 10.6. The minimum absolute atomic E-state index is 0.353. The van der Waals surface area contributed by atoms with E-state index in [0.717, 1.165) is 5.57 Å². The van der Waals surface area contributed by atoms with Gasteiger partial charge in [-0.15, -0.1) is 0 Å². The van der Waals surface area contributed by atoms with Gasteiger partial charge in [0, 0.05) is 5.75 Å². The molecule has 1 atom stereocenters. The molecule has 0 spiro atoms. The lowest BCUT2D eigenvalue weighted by Crippen LogP contribution is -2.15. The van der Waals surface area contributed by atoms with Gasteiger partial charge >= 0.3 is 5.97 Å². The van der Waals surface area contributed by atoms with Crippen LogP contribution in [0.4, 0.5) is 0 Å². The summed E-state index contributed by atoms with van der Waals surface area (Å²) in [5.41, 5.74) is 0.832. The summed E-state index contributed by atoms with van der Waals surface area (Å²) in [6, 6.07) is 0. The molecular formula is C9H14O2S. The average molecular weight is 186 g/mol. The monoisotopic (exact) mass is 186 g/mol. The van der Waals surface area contributed by atoms with Crippen LogP contribution in [0.15, 0.2) is 24.3 Å². The molecule has 0 aliphatic rings. The predicted molar refractivity (Wildman–Crippen MR) is 53.5 cm³/mol. The first-order valence-corrected chi connectivity index (χ1v) is 4.39. The Labute approximate surface area is 78.4 Å². The van der Waals surface area contributed by atoms with Crippen molar-refractivity contribution in [2.75, 3.05) is 5.75 Å². The highest BCUT2D eigenvalue weighted by Crippen LogP contribution is 2.13. The number of allylic oxidation sites excluding steroid dienone is 3. The first-order chi connectivity index (χ1) is 5.61. The molecule has 0 aromatic rings. The topological polar surface area (TPSA) is 37.3 Å². The first-order valence-electron chi connectivity index (χ1n) is 3.76. The van der Waals surface area contributed by atoms with Crippen molar-refractivity contribution < 1.29 is 9.90 Å². The molecule has 0 aliphatic heterocycles. The second kappa shape index (κ2) is 5.89. The molecule has 12 heavy (non-hydrogen) atoms. The zero-order chi connectivity index (χ0) is 9.56. The largest absolute Gasteiger partial charge is 0.481 e. The zero-order valence-electron chi connectivity index (χ0n) is 7.16. The molecule has 0 fully saturated rings. The van der Waals surface area contributed by atoms with E-state index in [9.17, 15) is 4.79 Å². The molecule has 0 saturated heterocycles. The Morgan fingerprint density at radius 2 is 2.33 bits per heavy atom. The number of aliphatic carboxylic acids is 1. The van der Waals surface area contributed by atoms with Gasteiger partial charge in [-0.2, -0.15) is 12.6 Å². The third-order valence-electron chi connectivity index (χ3n) is 1.48. The molecule has 3 heteroatoms. The molecule has 0 aliphatic carbocycles. The van der Waals surface area contributed by atoms with Crippen molar-refractivity contribution in [3.63, 3.8) is 0 Å². The third kappa shape index (κ3) is 4.23. The van der Waals surface area contributed by atoms with Crippen molar-refractivity contribution in [1.29, 1.82) is 0 Å². The lowest BCUT2D eigenvalue weighted by molar-refractivity contribution is -0.140. The maximum absolute atomic E-state index is 10.6. The van der Waals surface area contributed by atoms with E-state index in [1.807, 2.05) is 19.1 Å². The van der Waals surface area contributed by atoms with Gasteiger partial charge in [-0.3, -0.25) is 4.79 Å².